The summed E-state index contributed by atoms with van der Waals surface area (Å²) in [5, 5.41) is 8.69. The smallest absolute Gasteiger partial charge is 0.307 e. The van der Waals surface area contributed by atoms with Crippen LogP contribution in [-0.2, 0) is 14.3 Å². The summed E-state index contributed by atoms with van der Waals surface area (Å²) in [7, 11) is 1.31. The zero-order chi connectivity index (χ0) is 15.7. The van der Waals surface area contributed by atoms with Gasteiger partial charge in [-0.25, -0.2) is 0 Å². The van der Waals surface area contributed by atoms with E-state index in [1.807, 2.05) is 13.0 Å². The van der Waals surface area contributed by atoms with Gasteiger partial charge < -0.3 is 14.4 Å². The van der Waals surface area contributed by atoms with Crippen LogP contribution < -0.4 is 4.74 Å². The molecule has 0 bridgehead atoms. The Morgan fingerprint density at radius 1 is 1.29 bits per heavy atom. The third-order valence-corrected chi connectivity index (χ3v) is 2.89. The van der Waals surface area contributed by atoms with Crippen molar-refractivity contribution in [3.8, 4) is 11.8 Å². The van der Waals surface area contributed by atoms with Gasteiger partial charge in [0.2, 0.25) is 0 Å². The highest BCUT2D eigenvalue weighted by molar-refractivity contribution is 5.78. The summed E-state index contributed by atoms with van der Waals surface area (Å²) >= 11 is 0. The lowest BCUT2D eigenvalue weighted by molar-refractivity contribution is -0.142. The van der Waals surface area contributed by atoms with Crippen molar-refractivity contribution in [2.45, 2.75) is 13.3 Å². The maximum atomic E-state index is 12.0. The van der Waals surface area contributed by atoms with Crippen molar-refractivity contribution in [2.24, 2.45) is 0 Å². The molecule has 0 aromatic heterocycles. The number of carbonyl (C=O) groups is 2. The lowest BCUT2D eigenvalue weighted by atomic mass is 10.2. The molecule has 6 nitrogen and oxygen atoms in total. The van der Waals surface area contributed by atoms with Crippen molar-refractivity contribution in [2.75, 3.05) is 26.8 Å². The highest BCUT2D eigenvalue weighted by atomic mass is 16.5. The molecule has 1 aromatic rings. The first-order chi connectivity index (χ1) is 10.1. The standard InChI is InChI=1S/C15H18N2O4/c1-3-17(9-8-15(19)20-2)14(18)11-21-13-6-4-12(10-16)5-7-13/h4-7H,3,8-9,11H2,1-2H3. The van der Waals surface area contributed by atoms with Gasteiger partial charge in [0.1, 0.15) is 5.75 Å². The molecule has 0 fully saturated rings. The summed E-state index contributed by atoms with van der Waals surface area (Å²) in [4.78, 5) is 24.6. The molecule has 0 radical (unpaired) electrons. The molecule has 0 saturated heterocycles. The monoisotopic (exact) mass is 290 g/mol. The predicted octanol–water partition coefficient (Wildman–Crippen LogP) is 1.35. The SMILES string of the molecule is CCN(CCC(=O)OC)C(=O)COc1ccc(C#N)cc1. The van der Waals surface area contributed by atoms with E-state index in [0.717, 1.165) is 0 Å². The highest BCUT2D eigenvalue weighted by Crippen LogP contribution is 2.11. The quantitative estimate of drug-likeness (QED) is 0.708. The maximum absolute atomic E-state index is 12.0. The topological polar surface area (TPSA) is 79.6 Å². The van der Waals surface area contributed by atoms with Crippen molar-refractivity contribution in [1.29, 1.82) is 5.26 Å². The lowest BCUT2D eigenvalue weighted by Crippen LogP contribution is -2.36. The van der Waals surface area contributed by atoms with Crippen LogP contribution in [-0.4, -0.2) is 43.6 Å². The van der Waals surface area contributed by atoms with Crippen LogP contribution in [0, 0.1) is 11.3 Å². The Morgan fingerprint density at radius 3 is 2.48 bits per heavy atom. The molecule has 6 heteroatoms. The zero-order valence-corrected chi connectivity index (χ0v) is 12.2. The number of amides is 1. The van der Waals surface area contributed by atoms with Gasteiger partial charge in [0.25, 0.3) is 5.91 Å². The number of carbonyl (C=O) groups excluding carboxylic acids is 2. The number of hydrogen-bond donors (Lipinski definition) is 0. The van der Waals surface area contributed by atoms with Gasteiger partial charge in [-0.3, -0.25) is 9.59 Å². The molecule has 0 aliphatic heterocycles. The van der Waals surface area contributed by atoms with Gasteiger partial charge >= 0.3 is 5.97 Å². The first-order valence-electron chi connectivity index (χ1n) is 6.58. The van der Waals surface area contributed by atoms with Gasteiger partial charge in [0, 0.05) is 13.1 Å². The summed E-state index contributed by atoms with van der Waals surface area (Å²) in [5.41, 5.74) is 0.530. The second-order valence-corrected chi connectivity index (χ2v) is 4.22. The van der Waals surface area contributed by atoms with Crippen LogP contribution in [0.5, 0.6) is 5.75 Å². The average molecular weight is 290 g/mol. The van der Waals surface area contributed by atoms with Crippen molar-refractivity contribution in [3.63, 3.8) is 0 Å². The normalized spacial score (nSPS) is 9.57. The van der Waals surface area contributed by atoms with E-state index in [-0.39, 0.29) is 24.9 Å². The second kappa shape index (κ2) is 8.59. The van der Waals surface area contributed by atoms with E-state index in [1.54, 1.807) is 24.3 Å². The van der Waals surface area contributed by atoms with Gasteiger partial charge in [-0.05, 0) is 31.2 Å². The number of methoxy groups -OCH3 is 1. The van der Waals surface area contributed by atoms with Crippen LogP contribution in [0.15, 0.2) is 24.3 Å². The summed E-state index contributed by atoms with van der Waals surface area (Å²) in [6.07, 6.45) is 0.160. The average Bonchev–Trinajstić information content (AvgIpc) is 2.53. The lowest BCUT2D eigenvalue weighted by Gasteiger charge is -2.20. The molecule has 0 aliphatic rings. The Bertz CT molecular complexity index is 519. The summed E-state index contributed by atoms with van der Waals surface area (Å²) in [6, 6.07) is 8.52. The van der Waals surface area contributed by atoms with Crippen molar-refractivity contribution >= 4 is 11.9 Å². The predicted molar refractivity (Wildman–Crippen MR) is 75.5 cm³/mol. The molecule has 1 rings (SSSR count). The minimum atomic E-state index is -0.353. The Balaban J connectivity index is 2.46. The zero-order valence-electron chi connectivity index (χ0n) is 12.2. The van der Waals surface area contributed by atoms with Gasteiger partial charge in [0.05, 0.1) is 25.2 Å². The van der Waals surface area contributed by atoms with Crippen LogP contribution in [0.3, 0.4) is 0 Å². The van der Waals surface area contributed by atoms with Crippen LogP contribution in [0.4, 0.5) is 0 Å². The van der Waals surface area contributed by atoms with Gasteiger partial charge in [0.15, 0.2) is 6.61 Å². The molecule has 0 unspecified atom stereocenters. The number of nitrogens with zero attached hydrogens (tertiary/aromatic N) is 2. The first kappa shape index (κ1) is 16.5. The van der Waals surface area contributed by atoms with Crippen molar-refractivity contribution in [1.82, 2.24) is 4.90 Å². The number of ether oxygens (including phenoxy) is 2. The minimum absolute atomic E-state index is 0.110. The molecule has 1 amide bonds. The van der Waals surface area contributed by atoms with Crippen LogP contribution in [0.1, 0.15) is 18.9 Å². The third kappa shape index (κ3) is 5.53. The van der Waals surface area contributed by atoms with Gasteiger partial charge in [-0.15, -0.1) is 0 Å². The molecule has 1 aromatic carbocycles. The number of nitriles is 1. The summed E-state index contributed by atoms with van der Waals surface area (Å²) < 4.78 is 9.91. The van der Waals surface area contributed by atoms with Crippen LogP contribution in [0.2, 0.25) is 0 Å². The van der Waals surface area contributed by atoms with Crippen LogP contribution in [0.25, 0.3) is 0 Å². The Kier molecular flexibility index (Phi) is 6.75. The summed E-state index contributed by atoms with van der Waals surface area (Å²) in [5.74, 6) is -0.0357. The number of hydrogen-bond acceptors (Lipinski definition) is 5. The molecule has 0 heterocycles. The van der Waals surface area contributed by atoms with Crippen molar-refractivity contribution in [3.05, 3.63) is 29.8 Å². The minimum Gasteiger partial charge on any atom is -0.484 e. The van der Waals surface area contributed by atoms with E-state index in [1.165, 1.54) is 12.0 Å². The Labute approximate surface area is 123 Å². The molecule has 0 spiro atoms. The number of esters is 1. The van der Waals surface area contributed by atoms with E-state index >= 15 is 0 Å². The first-order valence-corrected chi connectivity index (χ1v) is 6.58. The maximum Gasteiger partial charge on any atom is 0.307 e. The Hall–Kier alpha value is -2.55. The fourth-order valence-corrected chi connectivity index (χ4v) is 1.65. The largest absolute Gasteiger partial charge is 0.484 e. The van der Waals surface area contributed by atoms with Gasteiger partial charge in [-0.2, -0.15) is 5.26 Å². The van der Waals surface area contributed by atoms with E-state index in [2.05, 4.69) is 4.74 Å². The molecule has 21 heavy (non-hydrogen) atoms. The number of rotatable bonds is 7. The second-order valence-electron chi connectivity index (χ2n) is 4.22. The van der Waals surface area contributed by atoms with E-state index in [9.17, 15) is 9.59 Å². The molecule has 0 N–H and O–H groups in total. The van der Waals surface area contributed by atoms with Crippen molar-refractivity contribution < 1.29 is 19.1 Å². The van der Waals surface area contributed by atoms with E-state index in [4.69, 9.17) is 10.00 Å². The molecule has 0 aliphatic carbocycles. The third-order valence-electron chi connectivity index (χ3n) is 2.89. The highest BCUT2D eigenvalue weighted by Gasteiger charge is 2.14. The number of benzene rings is 1. The molecule has 0 atom stereocenters. The number of likely N-dealkylation sites (N-methyl/N-ethyl adjacent to an activating group) is 1. The summed E-state index contributed by atoms with van der Waals surface area (Å²) in [6.45, 7) is 2.52. The van der Waals surface area contributed by atoms with E-state index in [0.29, 0.717) is 24.4 Å². The van der Waals surface area contributed by atoms with Gasteiger partial charge in [-0.1, -0.05) is 0 Å². The molecular weight excluding hydrogens is 272 g/mol. The Morgan fingerprint density at radius 2 is 1.95 bits per heavy atom. The van der Waals surface area contributed by atoms with E-state index < -0.39 is 0 Å². The fourth-order valence-electron chi connectivity index (χ4n) is 1.65. The fraction of sp³-hybridized carbons (Fsp3) is 0.400. The molecule has 112 valence electrons. The van der Waals surface area contributed by atoms with Crippen LogP contribution >= 0.6 is 0 Å². The molecule has 0 saturated carbocycles. The molecular formula is C15H18N2O4.